The second kappa shape index (κ2) is 4.71. The minimum Gasteiger partial charge on any atom is -0.301 e. The first-order valence-electron chi connectivity index (χ1n) is 5.99. The molecule has 0 aliphatic carbocycles. The zero-order valence-corrected chi connectivity index (χ0v) is 12.7. The third-order valence-corrected chi connectivity index (χ3v) is 4.63. The summed E-state index contributed by atoms with van der Waals surface area (Å²) in [5.41, 5.74) is 0.691. The van der Waals surface area contributed by atoms with Crippen molar-refractivity contribution in [3.63, 3.8) is 0 Å². The molecule has 3 nitrogen and oxygen atoms in total. The average Bonchev–Trinajstić information content (AvgIpc) is 2.54. The van der Waals surface area contributed by atoms with Gasteiger partial charge in [0.25, 0.3) is 11.7 Å². The van der Waals surface area contributed by atoms with Gasteiger partial charge in [-0.05, 0) is 30.0 Å². The molecule has 102 valence electrons. The van der Waals surface area contributed by atoms with Crippen LogP contribution < -0.4 is 4.90 Å². The number of anilines is 1. The van der Waals surface area contributed by atoms with E-state index in [9.17, 15) is 14.0 Å². The summed E-state index contributed by atoms with van der Waals surface area (Å²) >= 11 is 3.37. The van der Waals surface area contributed by atoms with Crippen molar-refractivity contribution in [1.29, 1.82) is 0 Å². The third-order valence-electron chi connectivity index (χ3n) is 3.11. The standard InChI is InChI=1S/C14H15BrFNO2/c1-8-4-9-11(10(16)5-8)17(13(19)12(9)18)7-14(2,3)6-15/h4-5H,6-7H2,1-3H3. The largest absolute Gasteiger partial charge is 0.301 e. The molecule has 1 aromatic rings. The Hall–Kier alpha value is -1.23. The van der Waals surface area contributed by atoms with E-state index in [0.29, 0.717) is 17.4 Å². The Morgan fingerprint density at radius 2 is 1.95 bits per heavy atom. The van der Waals surface area contributed by atoms with Gasteiger partial charge in [-0.15, -0.1) is 0 Å². The van der Waals surface area contributed by atoms with Crippen molar-refractivity contribution in [1.82, 2.24) is 0 Å². The number of alkyl halides is 1. The Labute approximate surface area is 119 Å². The lowest BCUT2D eigenvalue weighted by molar-refractivity contribution is -0.114. The number of benzene rings is 1. The van der Waals surface area contributed by atoms with Crippen LogP contribution in [0.15, 0.2) is 12.1 Å². The van der Waals surface area contributed by atoms with Gasteiger partial charge < -0.3 is 4.90 Å². The molecule has 1 aromatic carbocycles. The number of hydrogen-bond donors (Lipinski definition) is 0. The number of amides is 1. The molecule has 0 spiro atoms. The molecule has 0 N–H and O–H groups in total. The lowest BCUT2D eigenvalue weighted by Gasteiger charge is -2.28. The molecular formula is C14H15BrFNO2. The number of Topliss-reactive ketones (excluding diaryl/α,β-unsaturated/α-hetero) is 1. The lowest BCUT2D eigenvalue weighted by Crippen LogP contribution is -2.39. The Kier molecular flexibility index (Phi) is 3.51. The molecule has 0 aromatic heterocycles. The van der Waals surface area contributed by atoms with Gasteiger partial charge >= 0.3 is 0 Å². The van der Waals surface area contributed by atoms with E-state index < -0.39 is 17.5 Å². The van der Waals surface area contributed by atoms with Gasteiger partial charge in [0.05, 0.1) is 11.3 Å². The highest BCUT2D eigenvalue weighted by molar-refractivity contribution is 9.09. The number of carbonyl (C=O) groups is 2. The second-order valence-corrected chi connectivity index (χ2v) is 6.22. The monoisotopic (exact) mass is 327 g/mol. The van der Waals surface area contributed by atoms with E-state index in [4.69, 9.17) is 0 Å². The summed E-state index contributed by atoms with van der Waals surface area (Å²) in [5.74, 6) is -1.78. The highest BCUT2D eigenvalue weighted by atomic mass is 79.9. The van der Waals surface area contributed by atoms with Crippen LogP contribution in [-0.2, 0) is 4.79 Å². The van der Waals surface area contributed by atoms with Crippen LogP contribution in [0.4, 0.5) is 10.1 Å². The number of ketones is 1. The van der Waals surface area contributed by atoms with Gasteiger partial charge in [0, 0.05) is 11.9 Å². The Morgan fingerprint density at radius 1 is 1.32 bits per heavy atom. The van der Waals surface area contributed by atoms with Crippen molar-refractivity contribution in [2.75, 3.05) is 16.8 Å². The topological polar surface area (TPSA) is 37.4 Å². The predicted octanol–water partition coefficient (Wildman–Crippen LogP) is 3.08. The zero-order valence-electron chi connectivity index (χ0n) is 11.1. The fraction of sp³-hybridized carbons (Fsp3) is 0.429. The first-order valence-corrected chi connectivity index (χ1v) is 7.11. The molecule has 1 amide bonds. The van der Waals surface area contributed by atoms with E-state index >= 15 is 0 Å². The number of carbonyl (C=O) groups excluding carboxylic acids is 2. The average molecular weight is 328 g/mol. The molecule has 1 heterocycles. The van der Waals surface area contributed by atoms with Crippen LogP contribution in [0, 0.1) is 18.2 Å². The fourth-order valence-electron chi connectivity index (χ4n) is 2.14. The number of rotatable bonds is 3. The summed E-state index contributed by atoms with van der Waals surface area (Å²) in [4.78, 5) is 25.2. The van der Waals surface area contributed by atoms with Gasteiger partial charge in [-0.25, -0.2) is 4.39 Å². The maximum Gasteiger partial charge on any atom is 0.299 e. The zero-order chi connectivity index (χ0) is 14.4. The molecule has 2 rings (SSSR count). The lowest BCUT2D eigenvalue weighted by atomic mass is 9.96. The predicted molar refractivity (Wildman–Crippen MR) is 75.4 cm³/mol. The van der Waals surface area contributed by atoms with Gasteiger partial charge in [0.2, 0.25) is 0 Å². The second-order valence-electron chi connectivity index (χ2n) is 5.66. The number of fused-ring (bicyclic) bond motifs is 1. The molecule has 0 saturated carbocycles. The summed E-state index contributed by atoms with van der Waals surface area (Å²) in [6.45, 7) is 5.90. The van der Waals surface area contributed by atoms with Crippen LogP contribution in [0.2, 0.25) is 0 Å². The molecule has 0 atom stereocenters. The van der Waals surface area contributed by atoms with E-state index in [1.807, 2.05) is 13.8 Å². The van der Waals surface area contributed by atoms with Gasteiger partial charge in [0.1, 0.15) is 5.82 Å². The SMILES string of the molecule is Cc1cc(F)c2c(c1)C(=O)C(=O)N2CC(C)(C)CBr. The Bertz CT molecular complexity index is 569. The van der Waals surface area contributed by atoms with Crippen molar-refractivity contribution in [2.45, 2.75) is 20.8 Å². The highest BCUT2D eigenvalue weighted by Gasteiger charge is 2.40. The van der Waals surface area contributed by atoms with Gasteiger partial charge in [-0.3, -0.25) is 9.59 Å². The smallest absolute Gasteiger partial charge is 0.299 e. The van der Waals surface area contributed by atoms with Crippen LogP contribution in [0.1, 0.15) is 29.8 Å². The van der Waals surface area contributed by atoms with Crippen molar-refractivity contribution in [3.8, 4) is 0 Å². The Morgan fingerprint density at radius 3 is 2.53 bits per heavy atom. The van der Waals surface area contributed by atoms with Crippen LogP contribution in [0.5, 0.6) is 0 Å². The van der Waals surface area contributed by atoms with Crippen LogP contribution in [0.3, 0.4) is 0 Å². The van der Waals surface area contributed by atoms with Crippen molar-refractivity contribution >= 4 is 33.3 Å². The summed E-state index contributed by atoms with van der Waals surface area (Å²) in [6.07, 6.45) is 0. The van der Waals surface area contributed by atoms with Gasteiger partial charge in [-0.1, -0.05) is 29.8 Å². The molecule has 19 heavy (non-hydrogen) atoms. The van der Waals surface area contributed by atoms with Crippen molar-refractivity contribution in [2.24, 2.45) is 5.41 Å². The molecule has 0 saturated heterocycles. The minimum absolute atomic E-state index is 0.120. The molecule has 0 bridgehead atoms. The molecule has 1 aliphatic rings. The van der Waals surface area contributed by atoms with Crippen LogP contribution in [-0.4, -0.2) is 23.6 Å². The first-order chi connectivity index (χ1) is 8.76. The third kappa shape index (κ3) is 2.43. The summed E-state index contributed by atoms with van der Waals surface area (Å²) in [7, 11) is 0. The van der Waals surface area contributed by atoms with E-state index in [1.54, 1.807) is 13.0 Å². The molecule has 0 fully saturated rings. The number of nitrogens with zero attached hydrogens (tertiary/aromatic N) is 1. The number of halogens is 2. The quantitative estimate of drug-likeness (QED) is 0.632. The number of aryl methyl sites for hydroxylation is 1. The molecule has 0 unspecified atom stereocenters. The van der Waals surface area contributed by atoms with Crippen molar-refractivity contribution < 1.29 is 14.0 Å². The van der Waals surface area contributed by atoms with Crippen LogP contribution in [0.25, 0.3) is 0 Å². The number of hydrogen-bond acceptors (Lipinski definition) is 2. The summed E-state index contributed by atoms with van der Waals surface area (Å²) in [5, 5.41) is 0.654. The van der Waals surface area contributed by atoms with E-state index in [-0.39, 0.29) is 16.7 Å². The summed E-state index contributed by atoms with van der Waals surface area (Å²) in [6, 6.07) is 2.92. The van der Waals surface area contributed by atoms with Gasteiger partial charge in [0.15, 0.2) is 0 Å². The fourth-order valence-corrected chi connectivity index (χ4v) is 2.32. The minimum atomic E-state index is -0.645. The van der Waals surface area contributed by atoms with E-state index in [0.717, 1.165) is 0 Å². The highest BCUT2D eigenvalue weighted by Crippen LogP contribution is 2.35. The van der Waals surface area contributed by atoms with Crippen molar-refractivity contribution in [3.05, 3.63) is 29.1 Å². The van der Waals surface area contributed by atoms with E-state index in [1.165, 1.54) is 11.0 Å². The molecule has 0 radical (unpaired) electrons. The molecule has 1 aliphatic heterocycles. The van der Waals surface area contributed by atoms with E-state index in [2.05, 4.69) is 15.9 Å². The Balaban J connectivity index is 2.50. The normalized spacial score (nSPS) is 15.1. The van der Waals surface area contributed by atoms with Gasteiger partial charge in [-0.2, -0.15) is 0 Å². The summed E-state index contributed by atoms with van der Waals surface area (Å²) < 4.78 is 14.1. The molecular weight excluding hydrogens is 313 g/mol. The molecule has 5 heteroatoms. The van der Waals surface area contributed by atoms with Crippen LogP contribution >= 0.6 is 15.9 Å². The maximum atomic E-state index is 14.1. The first kappa shape index (κ1) is 14.2. The maximum absolute atomic E-state index is 14.1.